The Kier molecular flexibility index (Phi) is 5.54. The fourth-order valence-corrected chi connectivity index (χ4v) is 4.75. The molecule has 3 heterocycles. The Morgan fingerprint density at radius 1 is 1.06 bits per heavy atom. The fraction of sp³-hybridized carbons (Fsp3) is 0.500. The summed E-state index contributed by atoms with van der Waals surface area (Å²) in [4.78, 5) is 27.4. The highest BCUT2D eigenvalue weighted by Crippen LogP contribution is 2.35. The summed E-state index contributed by atoms with van der Waals surface area (Å²) in [6.07, 6.45) is 4.31. The van der Waals surface area contributed by atoms with E-state index in [1.807, 2.05) is 13.0 Å². The van der Waals surface area contributed by atoms with E-state index in [9.17, 15) is 9.59 Å². The van der Waals surface area contributed by atoms with Gasteiger partial charge in [-0.25, -0.2) is 4.79 Å². The van der Waals surface area contributed by atoms with E-state index in [1.165, 1.54) is 12.0 Å². The van der Waals surface area contributed by atoms with Crippen molar-refractivity contribution in [1.82, 2.24) is 10.2 Å². The number of morpholine rings is 1. The van der Waals surface area contributed by atoms with Gasteiger partial charge in [-0.15, -0.1) is 0 Å². The Balaban J connectivity index is 1.37. The van der Waals surface area contributed by atoms with Gasteiger partial charge in [0.05, 0.1) is 25.2 Å². The second-order valence-corrected chi connectivity index (χ2v) is 8.53. The smallest absolute Gasteiger partial charge is 0.340 e. The van der Waals surface area contributed by atoms with E-state index in [1.54, 1.807) is 0 Å². The van der Waals surface area contributed by atoms with Crippen LogP contribution in [-0.4, -0.2) is 50.2 Å². The van der Waals surface area contributed by atoms with Gasteiger partial charge in [0.2, 0.25) is 5.91 Å². The van der Waals surface area contributed by atoms with Crippen LogP contribution in [0, 0.1) is 6.92 Å². The average molecular weight is 424 g/mol. The molecule has 2 aliphatic rings. The Morgan fingerprint density at radius 3 is 2.68 bits per heavy atom. The van der Waals surface area contributed by atoms with Crippen LogP contribution in [0.2, 0.25) is 0 Å². The first-order valence-corrected chi connectivity index (χ1v) is 11.2. The third kappa shape index (κ3) is 4.00. The third-order valence-corrected chi connectivity index (χ3v) is 6.55. The van der Waals surface area contributed by atoms with Crippen molar-refractivity contribution in [2.24, 2.45) is 0 Å². The number of aryl methyl sites for hydroxylation is 3. The van der Waals surface area contributed by atoms with E-state index in [0.717, 1.165) is 79.8 Å². The minimum absolute atomic E-state index is 0.0226. The minimum atomic E-state index is -0.455. The number of carbonyl (C=O) groups is 1. The predicted octanol–water partition coefficient (Wildman–Crippen LogP) is 2.72. The average Bonchev–Trinajstić information content (AvgIpc) is 3.14. The number of nitrogens with one attached hydrogen (secondary N) is 1. The van der Waals surface area contributed by atoms with Gasteiger partial charge >= 0.3 is 5.63 Å². The molecule has 1 aliphatic carbocycles. The molecule has 2 aromatic heterocycles. The van der Waals surface area contributed by atoms with Crippen LogP contribution in [0.25, 0.3) is 21.9 Å². The minimum Gasteiger partial charge on any atom is -0.461 e. The van der Waals surface area contributed by atoms with Crippen LogP contribution in [0.4, 0.5) is 0 Å². The molecule has 7 nitrogen and oxygen atoms in total. The molecule has 7 heteroatoms. The van der Waals surface area contributed by atoms with Gasteiger partial charge in [0.15, 0.2) is 0 Å². The Hall–Kier alpha value is -2.64. The maximum Gasteiger partial charge on any atom is 0.340 e. The van der Waals surface area contributed by atoms with Crippen molar-refractivity contribution < 1.29 is 18.4 Å². The molecule has 0 atom stereocenters. The summed E-state index contributed by atoms with van der Waals surface area (Å²) >= 11 is 0. The van der Waals surface area contributed by atoms with E-state index >= 15 is 0 Å². The molecule has 3 aromatic rings. The molecule has 0 unspecified atom stereocenters. The lowest BCUT2D eigenvalue weighted by Crippen LogP contribution is -2.41. The molecule has 0 saturated carbocycles. The van der Waals surface area contributed by atoms with Crippen molar-refractivity contribution in [1.29, 1.82) is 0 Å². The zero-order valence-corrected chi connectivity index (χ0v) is 17.9. The largest absolute Gasteiger partial charge is 0.461 e. The monoisotopic (exact) mass is 424 g/mol. The summed E-state index contributed by atoms with van der Waals surface area (Å²) in [5.41, 5.74) is 3.34. The highest BCUT2D eigenvalue weighted by atomic mass is 16.5. The first kappa shape index (κ1) is 20.3. The summed E-state index contributed by atoms with van der Waals surface area (Å²) in [7, 11) is 0. The topological polar surface area (TPSA) is 84.9 Å². The van der Waals surface area contributed by atoms with Crippen LogP contribution in [0.3, 0.4) is 0 Å². The highest BCUT2D eigenvalue weighted by molar-refractivity contribution is 5.97. The van der Waals surface area contributed by atoms with Gasteiger partial charge in [-0.3, -0.25) is 9.69 Å². The van der Waals surface area contributed by atoms with E-state index in [-0.39, 0.29) is 12.3 Å². The van der Waals surface area contributed by atoms with Gasteiger partial charge in [-0.1, -0.05) is 0 Å². The highest BCUT2D eigenvalue weighted by Gasteiger charge is 2.21. The molecule has 1 amide bonds. The molecule has 1 aromatic carbocycles. The molecule has 0 radical (unpaired) electrons. The Labute approximate surface area is 180 Å². The SMILES string of the molecule is Cc1c(CC(=O)NCCN2CCOCC2)c(=O)oc2cc3oc4c(c3cc12)CCCC4. The molecule has 1 fully saturated rings. The normalized spacial score (nSPS) is 17.2. The van der Waals surface area contributed by atoms with Crippen LogP contribution in [-0.2, 0) is 28.8 Å². The summed E-state index contributed by atoms with van der Waals surface area (Å²) < 4.78 is 17.0. The molecule has 1 saturated heterocycles. The number of carbonyl (C=O) groups excluding carboxylic acids is 1. The molecule has 1 N–H and O–H groups in total. The number of ether oxygens (including phenoxy) is 1. The first-order valence-electron chi connectivity index (χ1n) is 11.2. The van der Waals surface area contributed by atoms with Crippen molar-refractivity contribution in [3.63, 3.8) is 0 Å². The van der Waals surface area contributed by atoms with Gasteiger partial charge < -0.3 is 18.9 Å². The van der Waals surface area contributed by atoms with Crippen LogP contribution in [0.15, 0.2) is 25.8 Å². The number of benzene rings is 1. The van der Waals surface area contributed by atoms with Gasteiger partial charge in [-0.2, -0.15) is 0 Å². The maximum absolute atomic E-state index is 12.6. The molecular formula is C24H28N2O5. The van der Waals surface area contributed by atoms with Crippen LogP contribution >= 0.6 is 0 Å². The van der Waals surface area contributed by atoms with Crippen molar-refractivity contribution in [2.75, 3.05) is 39.4 Å². The van der Waals surface area contributed by atoms with E-state index in [0.29, 0.717) is 17.7 Å². The number of hydrogen-bond donors (Lipinski definition) is 1. The van der Waals surface area contributed by atoms with Crippen LogP contribution in [0.1, 0.15) is 35.3 Å². The van der Waals surface area contributed by atoms with Crippen molar-refractivity contribution >= 4 is 27.8 Å². The Bertz CT molecular complexity index is 1190. The van der Waals surface area contributed by atoms with Gasteiger partial charge in [0, 0.05) is 55.0 Å². The van der Waals surface area contributed by atoms with Crippen LogP contribution in [0.5, 0.6) is 0 Å². The van der Waals surface area contributed by atoms with E-state index < -0.39 is 5.63 Å². The summed E-state index contributed by atoms with van der Waals surface area (Å²) in [6.45, 7) is 6.47. The lowest BCUT2D eigenvalue weighted by atomic mass is 9.94. The summed E-state index contributed by atoms with van der Waals surface area (Å²) in [5, 5.41) is 4.90. The van der Waals surface area contributed by atoms with Crippen molar-refractivity contribution in [2.45, 2.75) is 39.0 Å². The zero-order valence-electron chi connectivity index (χ0n) is 17.9. The number of furan rings is 1. The second kappa shape index (κ2) is 8.48. The lowest BCUT2D eigenvalue weighted by molar-refractivity contribution is -0.120. The summed E-state index contributed by atoms with van der Waals surface area (Å²) in [6, 6.07) is 3.89. The number of fused-ring (bicyclic) bond motifs is 4. The molecule has 5 rings (SSSR count). The van der Waals surface area contributed by atoms with Crippen molar-refractivity contribution in [3.05, 3.63) is 45.0 Å². The van der Waals surface area contributed by atoms with Crippen LogP contribution < -0.4 is 10.9 Å². The summed E-state index contributed by atoms with van der Waals surface area (Å²) in [5.74, 6) is 0.890. The lowest BCUT2D eigenvalue weighted by Gasteiger charge is -2.26. The van der Waals surface area contributed by atoms with Gasteiger partial charge in [0.1, 0.15) is 16.9 Å². The quantitative estimate of drug-likeness (QED) is 0.634. The number of nitrogens with zero attached hydrogens (tertiary/aromatic N) is 1. The molecule has 164 valence electrons. The molecular weight excluding hydrogens is 396 g/mol. The molecule has 0 bridgehead atoms. The standard InChI is InChI=1S/C24H28N2O5/c1-15-17-12-19-16-4-2-3-5-20(16)30-22(19)14-21(17)31-24(28)18(15)13-23(27)25-6-7-26-8-10-29-11-9-26/h12,14H,2-11,13H2,1H3,(H,25,27). The molecule has 31 heavy (non-hydrogen) atoms. The van der Waals surface area contributed by atoms with Gasteiger partial charge in [0.25, 0.3) is 0 Å². The second-order valence-electron chi connectivity index (χ2n) is 8.53. The Morgan fingerprint density at radius 2 is 1.84 bits per heavy atom. The van der Waals surface area contributed by atoms with E-state index in [2.05, 4.69) is 16.3 Å². The maximum atomic E-state index is 12.6. The number of amides is 1. The van der Waals surface area contributed by atoms with Gasteiger partial charge in [-0.05, 0) is 37.8 Å². The fourth-order valence-electron chi connectivity index (χ4n) is 4.75. The predicted molar refractivity (Wildman–Crippen MR) is 118 cm³/mol. The molecule has 1 aliphatic heterocycles. The molecule has 0 spiro atoms. The zero-order chi connectivity index (χ0) is 21.4. The van der Waals surface area contributed by atoms with Crippen molar-refractivity contribution in [3.8, 4) is 0 Å². The number of rotatable bonds is 5. The first-order chi connectivity index (χ1) is 15.1. The third-order valence-electron chi connectivity index (χ3n) is 6.55. The van der Waals surface area contributed by atoms with E-state index in [4.69, 9.17) is 13.6 Å². The number of hydrogen-bond acceptors (Lipinski definition) is 6.